The third-order valence-corrected chi connectivity index (χ3v) is 5.46. The van der Waals surface area contributed by atoms with Gasteiger partial charge in [-0.3, -0.25) is 4.79 Å². The van der Waals surface area contributed by atoms with Crippen LogP contribution in [0.15, 0.2) is 47.4 Å². The second-order valence-corrected chi connectivity index (χ2v) is 7.71. The molecule has 3 rings (SSSR count). The number of para-hydroxylation sites is 1. The molecule has 1 aliphatic rings. The Labute approximate surface area is 158 Å². The van der Waals surface area contributed by atoms with Crippen LogP contribution >= 0.6 is 11.8 Å². The molecule has 0 radical (unpaired) electrons. The minimum atomic E-state index is -0.0104. The number of rotatable bonds is 6. The molecule has 0 aromatic heterocycles. The fourth-order valence-corrected chi connectivity index (χ4v) is 4.24. The smallest absolute Gasteiger partial charge is 0.239 e. The third kappa shape index (κ3) is 4.25. The van der Waals surface area contributed by atoms with Gasteiger partial charge in [0.15, 0.2) is 0 Å². The van der Waals surface area contributed by atoms with Crippen molar-refractivity contribution in [3.8, 4) is 11.5 Å². The first-order valence-electron chi connectivity index (χ1n) is 8.59. The number of anilines is 1. The van der Waals surface area contributed by atoms with E-state index in [4.69, 9.17) is 9.47 Å². The van der Waals surface area contributed by atoms with E-state index in [1.54, 1.807) is 14.2 Å². The van der Waals surface area contributed by atoms with Gasteiger partial charge in [-0.15, -0.1) is 11.8 Å². The highest BCUT2D eigenvalue weighted by molar-refractivity contribution is 8.00. The Hall–Kier alpha value is -2.34. The van der Waals surface area contributed by atoms with Crippen LogP contribution in [0.25, 0.3) is 0 Å². The third-order valence-electron chi connectivity index (χ3n) is 4.31. The van der Waals surface area contributed by atoms with Crippen molar-refractivity contribution in [2.75, 3.05) is 32.2 Å². The highest BCUT2D eigenvalue weighted by atomic mass is 32.2. The number of hydrogen-bond donors (Lipinski definition) is 1. The van der Waals surface area contributed by atoms with Crippen molar-refractivity contribution < 1.29 is 14.3 Å². The van der Waals surface area contributed by atoms with E-state index in [-0.39, 0.29) is 5.91 Å². The number of carbonyl (C=O) groups excluding carboxylic acids is 1. The topological polar surface area (TPSA) is 50.8 Å². The molecule has 138 valence electrons. The lowest BCUT2D eigenvalue weighted by atomic mass is 10.2. The lowest BCUT2D eigenvalue weighted by molar-refractivity contribution is -0.119. The summed E-state index contributed by atoms with van der Waals surface area (Å²) in [5.41, 5.74) is 2.02. The molecular formula is C20H24N2O3S. The van der Waals surface area contributed by atoms with Crippen molar-refractivity contribution in [3.05, 3.63) is 48.0 Å². The highest BCUT2D eigenvalue weighted by Gasteiger charge is 2.23. The number of hydrogen-bond acceptors (Lipinski definition) is 5. The number of amides is 1. The number of nitrogens with zero attached hydrogens (tertiary/aromatic N) is 1. The molecule has 1 aliphatic heterocycles. The SMILES string of the molecule is COc1ccc(OC)c(CNC(=O)CN2C[C@H](C)Sc3ccccc32)c1. The molecular weight excluding hydrogens is 348 g/mol. The molecule has 2 aromatic rings. The molecule has 1 atom stereocenters. The van der Waals surface area contributed by atoms with Gasteiger partial charge in [-0.1, -0.05) is 19.1 Å². The number of nitrogens with one attached hydrogen (secondary N) is 1. The molecule has 0 spiro atoms. The van der Waals surface area contributed by atoms with Crippen molar-refractivity contribution in [2.45, 2.75) is 23.6 Å². The number of ether oxygens (including phenoxy) is 2. The van der Waals surface area contributed by atoms with Gasteiger partial charge in [0.1, 0.15) is 11.5 Å². The Morgan fingerprint density at radius 1 is 1.23 bits per heavy atom. The van der Waals surface area contributed by atoms with Crippen LogP contribution in [0.1, 0.15) is 12.5 Å². The van der Waals surface area contributed by atoms with E-state index in [1.807, 2.05) is 42.1 Å². The van der Waals surface area contributed by atoms with Crippen molar-refractivity contribution in [1.82, 2.24) is 5.32 Å². The maximum atomic E-state index is 12.5. The minimum absolute atomic E-state index is 0.0104. The Morgan fingerprint density at radius 2 is 2.04 bits per heavy atom. The fourth-order valence-electron chi connectivity index (χ4n) is 3.07. The van der Waals surface area contributed by atoms with E-state index in [9.17, 15) is 4.79 Å². The summed E-state index contributed by atoms with van der Waals surface area (Å²) in [6.07, 6.45) is 0. The Bertz CT molecular complexity index is 781. The van der Waals surface area contributed by atoms with E-state index < -0.39 is 0 Å². The van der Waals surface area contributed by atoms with Crippen LogP contribution in [0.5, 0.6) is 11.5 Å². The van der Waals surface area contributed by atoms with Gasteiger partial charge in [0, 0.05) is 28.8 Å². The summed E-state index contributed by atoms with van der Waals surface area (Å²) >= 11 is 1.86. The van der Waals surface area contributed by atoms with E-state index in [0.717, 1.165) is 29.3 Å². The largest absolute Gasteiger partial charge is 0.497 e. The molecule has 1 N–H and O–H groups in total. The first-order chi connectivity index (χ1) is 12.6. The van der Waals surface area contributed by atoms with Gasteiger partial charge in [-0.25, -0.2) is 0 Å². The maximum Gasteiger partial charge on any atom is 0.239 e. The monoisotopic (exact) mass is 372 g/mol. The van der Waals surface area contributed by atoms with Crippen LogP contribution in [0.2, 0.25) is 0 Å². The molecule has 0 unspecified atom stereocenters. The van der Waals surface area contributed by atoms with E-state index in [2.05, 4.69) is 29.3 Å². The van der Waals surface area contributed by atoms with Crippen molar-refractivity contribution in [2.24, 2.45) is 0 Å². The Morgan fingerprint density at radius 3 is 2.81 bits per heavy atom. The summed E-state index contributed by atoms with van der Waals surface area (Å²) in [4.78, 5) is 15.9. The second kappa shape index (κ2) is 8.36. The van der Waals surface area contributed by atoms with Crippen molar-refractivity contribution >= 4 is 23.4 Å². The predicted molar refractivity (Wildman–Crippen MR) is 105 cm³/mol. The van der Waals surface area contributed by atoms with E-state index >= 15 is 0 Å². The molecule has 26 heavy (non-hydrogen) atoms. The van der Waals surface area contributed by atoms with Gasteiger partial charge in [-0.05, 0) is 30.3 Å². The molecule has 0 saturated carbocycles. The number of thioether (sulfide) groups is 1. The maximum absolute atomic E-state index is 12.5. The van der Waals surface area contributed by atoms with Crippen LogP contribution in [-0.2, 0) is 11.3 Å². The summed E-state index contributed by atoms with van der Waals surface area (Å²) in [6.45, 7) is 3.79. The summed E-state index contributed by atoms with van der Waals surface area (Å²) in [5, 5.41) is 3.45. The van der Waals surface area contributed by atoms with Crippen LogP contribution in [0, 0.1) is 0 Å². The number of carbonyl (C=O) groups is 1. The summed E-state index contributed by atoms with van der Waals surface area (Å²) < 4.78 is 10.6. The van der Waals surface area contributed by atoms with Gasteiger partial charge >= 0.3 is 0 Å². The summed E-state index contributed by atoms with van der Waals surface area (Å²) in [6, 6.07) is 13.8. The number of fused-ring (bicyclic) bond motifs is 1. The second-order valence-electron chi connectivity index (χ2n) is 6.23. The fraction of sp³-hybridized carbons (Fsp3) is 0.350. The predicted octanol–water partition coefficient (Wildman–Crippen LogP) is 3.32. The number of benzene rings is 2. The van der Waals surface area contributed by atoms with Crippen LogP contribution in [-0.4, -0.2) is 38.5 Å². The van der Waals surface area contributed by atoms with E-state index in [0.29, 0.717) is 18.3 Å². The summed E-state index contributed by atoms with van der Waals surface area (Å²) in [5.74, 6) is 1.47. The standard InChI is InChI=1S/C20H24N2O3S/c1-14-12-22(17-6-4-5-7-19(17)26-14)13-20(23)21-11-15-10-16(24-2)8-9-18(15)25-3/h4-10,14H,11-13H2,1-3H3,(H,21,23)/t14-/m0/s1. The normalized spacial score (nSPS) is 16.0. The van der Waals surface area contributed by atoms with Crippen LogP contribution < -0.4 is 19.7 Å². The highest BCUT2D eigenvalue weighted by Crippen LogP contribution is 2.37. The molecule has 0 fully saturated rings. The summed E-state index contributed by atoms with van der Waals surface area (Å²) in [7, 11) is 3.24. The Kier molecular flexibility index (Phi) is 5.93. The molecule has 1 amide bonds. The first kappa shape index (κ1) is 18.5. The molecule has 6 heteroatoms. The molecule has 5 nitrogen and oxygen atoms in total. The quantitative estimate of drug-likeness (QED) is 0.843. The zero-order chi connectivity index (χ0) is 18.5. The zero-order valence-corrected chi connectivity index (χ0v) is 16.1. The lowest BCUT2D eigenvalue weighted by Crippen LogP contribution is -2.41. The lowest BCUT2D eigenvalue weighted by Gasteiger charge is -2.33. The van der Waals surface area contributed by atoms with Gasteiger partial charge in [0.2, 0.25) is 5.91 Å². The van der Waals surface area contributed by atoms with Crippen molar-refractivity contribution in [1.29, 1.82) is 0 Å². The van der Waals surface area contributed by atoms with Crippen LogP contribution in [0.3, 0.4) is 0 Å². The van der Waals surface area contributed by atoms with E-state index in [1.165, 1.54) is 4.90 Å². The van der Waals surface area contributed by atoms with Gasteiger partial charge in [0.25, 0.3) is 0 Å². The van der Waals surface area contributed by atoms with Gasteiger partial charge < -0.3 is 19.7 Å². The Balaban J connectivity index is 1.65. The van der Waals surface area contributed by atoms with Gasteiger partial charge in [-0.2, -0.15) is 0 Å². The minimum Gasteiger partial charge on any atom is -0.497 e. The molecule has 0 bridgehead atoms. The molecule has 2 aromatic carbocycles. The molecule has 0 aliphatic carbocycles. The molecule has 1 heterocycles. The van der Waals surface area contributed by atoms with Gasteiger partial charge in [0.05, 0.1) is 26.5 Å². The first-order valence-corrected chi connectivity index (χ1v) is 9.47. The zero-order valence-electron chi connectivity index (χ0n) is 15.3. The van der Waals surface area contributed by atoms with Crippen LogP contribution in [0.4, 0.5) is 5.69 Å². The van der Waals surface area contributed by atoms with Crippen molar-refractivity contribution in [3.63, 3.8) is 0 Å². The molecule has 0 saturated heterocycles. The average Bonchev–Trinajstić information content (AvgIpc) is 2.66. The average molecular weight is 372 g/mol. The number of methoxy groups -OCH3 is 2.